The molecule has 1 saturated carbocycles. The zero-order valence-electron chi connectivity index (χ0n) is 11.0. The van der Waals surface area contributed by atoms with Gasteiger partial charge in [-0.15, -0.1) is 0 Å². The lowest BCUT2D eigenvalue weighted by Gasteiger charge is -2.31. The van der Waals surface area contributed by atoms with Gasteiger partial charge in [0, 0.05) is 0 Å². The molecule has 1 aliphatic rings. The van der Waals surface area contributed by atoms with Crippen LogP contribution in [0.4, 0.5) is 0 Å². The molecule has 0 bridgehead atoms. The molecule has 0 saturated heterocycles. The van der Waals surface area contributed by atoms with Crippen LogP contribution in [-0.2, 0) is 6.42 Å². The first kappa shape index (κ1) is 12.6. The molecule has 17 heavy (non-hydrogen) atoms. The maximum Gasteiger partial charge on any atom is 0.0576 e. The van der Waals surface area contributed by atoms with E-state index in [-0.39, 0.29) is 6.10 Å². The smallest absolute Gasteiger partial charge is 0.0576 e. The van der Waals surface area contributed by atoms with Crippen molar-refractivity contribution < 1.29 is 5.11 Å². The Morgan fingerprint density at radius 3 is 2.59 bits per heavy atom. The lowest BCUT2D eigenvalue weighted by atomic mass is 9.77. The summed E-state index contributed by atoms with van der Waals surface area (Å²) in [6, 6.07) is 10.5. The SMILES string of the molecule is CC1(C)CCCC1C(O)CCc1ccccc1. The van der Waals surface area contributed by atoms with Crippen LogP contribution >= 0.6 is 0 Å². The van der Waals surface area contributed by atoms with Gasteiger partial charge in [0.05, 0.1) is 6.10 Å². The third kappa shape index (κ3) is 3.10. The Bertz CT molecular complexity index is 342. The molecule has 1 N–H and O–H groups in total. The van der Waals surface area contributed by atoms with Crippen molar-refractivity contribution in [3.8, 4) is 0 Å². The number of aryl methyl sites for hydroxylation is 1. The highest BCUT2D eigenvalue weighted by molar-refractivity contribution is 5.14. The van der Waals surface area contributed by atoms with E-state index in [0.29, 0.717) is 11.3 Å². The van der Waals surface area contributed by atoms with Crippen LogP contribution in [0.1, 0.15) is 45.1 Å². The van der Waals surface area contributed by atoms with Crippen molar-refractivity contribution in [2.24, 2.45) is 11.3 Å². The summed E-state index contributed by atoms with van der Waals surface area (Å²) in [5.41, 5.74) is 1.66. The molecule has 94 valence electrons. The van der Waals surface area contributed by atoms with Gasteiger partial charge in [0.15, 0.2) is 0 Å². The number of hydrogen-bond donors (Lipinski definition) is 1. The van der Waals surface area contributed by atoms with Crippen molar-refractivity contribution in [3.63, 3.8) is 0 Å². The standard InChI is InChI=1S/C16H24O/c1-16(2)12-6-9-14(16)15(17)11-10-13-7-4-3-5-8-13/h3-5,7-8,14-15,17H,6,9-12H2,1-2H3. The minimum absolute atomic E-state index is 0.132. The maximum absolute atomic E-state index is 10.3. The van der Waals surface area contributed by atoms with Gasteiger partial charge in [0.1, 0.15) is 0 Å². The summed E-state index contributed by atoms with van der Waals surface area (Å²) in [5, 5.41) is 10.3. The predicted molar refractivity (Wildman–Crippen MR) is 71.9 cm³/mol. The quantitative estimate of drug-likeness (QED) is 0.837. The Morgan fingerprint density at radius 1 is 1.29 bits per heavy atom. The van der Waals surface area contributed by atoms with Crippen molar-refractivity contribution >= 4 is 0 Å². The normalized spacial score (nSPS) is 24.8. The molecule has 1 fully saturated rings. The predicted octanol–water partition coefficient (Wildman–Crippen LogP) is 3.81. The van der Waals surface area contributed by atoms with Gasteiger partial charge < -0.3 is 5.11 Å². The van der Waals surface area contributed by atoms with Gasteiger partial charge in [-0.2, -0.15) is 0 Å². The maximum atomic E-state index is 10.3. The fourth-order valence-corrected chi connectivity index (χ4v) is 3.23. The van der Waals surface area contributed by atoms with E-state index in [1.54, 1.807) is 0 Å². The highest BCUT2D eigenvalue weighted by atomic mass is 16.3. The summed E-state index contributed by atoms with van der Waals surface area (Å²) < 4.78 is 0. The molecule has 1 aromatic rings. The molecule has 1 aliphatic carbocycles. The van der Waals surface area contributed by atoms with Gasteiger partial charge in [-0.25, -0.2) is 0 Å². The highest BCUT2D eigenvalue weighted by Gasteiger charge is 2.38. The second-order valence-corrected chi connectivity index (χ2v) is 6.08. The van der Waals surface area contributed by atoms with Gasteiger partial charge >= 0.3 is 0 Å². The molecule has 1 heteroatoms. The second kappa shape index (κ2) is 5.22. The van der Waals surface area contributed by atoms with E-state index >= 15 is 0 Å². The van der Waals surface area contributed by atoms with E-state index in [1.807, 2.05) is 6.07 Å². The van der Waals surface area contributed by atoms with Gasteiger partial charge in [-0.05, 0) is 42.6 Å². The molecule has 1 nitrogen and oxygen atoms in total. The fourth-order valence-electron chi connectivity index (χ4n) is 3.23. The van der Waals surface area contributed by atoms with Crippen molar-refractivity contribution in [3.05, 3.63) is 35.9 Å². The van der Waals surface area contributed by atoms with Gasteiger partial charge in [-0.3, -0.25) is 0 Å². The molecule has 0 aromatic heterocycles. The van der Waals surface area contributed by atoms with Gasteiger partial charge in [0.2, 0.25) is 0 Å². The average Bonchev–Trinajstić information content (AvgIpc) is 2.67. The number of hydrogen-bond acceptors (Lipinski definition) is 1. The molecular formula is C16H24O. The zero-order chi connectivity index (χ0) is 12.3. The van der Waals surface area contributed by atoms with Crippen LogP contribution in [0.15, 0.2) is 30.3 Å². The lowest BCUT2D eigenvalue weighted by Crippen LogP contribution is -2.30. The molecule has 2 rings (SSSR count). The zero-order valence-corrected chi connectivity index (χ0v) is 11.0. The van der Waals surface area contributed by atoms with Crippen molar-refractivity contribution in [1.82, 2.24) is 0 Å². The summed E-state index contributed by atoms with van der Waals surface area (Å²) in [6.45, 7) is 4.60. The van der Waals surface area contributed by atoms with Crippen LogP contribution in [0.25, 0.3) is 0 Å². The molecule has 0 heterocycles. The third-order valence-electron chi connectivity index (χ3n) is 4.38. The van der Waals surface area contributed by atoms with Crippen LogP contribution in [-0.4, -0.2) is 11.2 Å². The molecule has 0 amide bonds. The summed E-state index contributed by atoms with van der Waals surface area (Å²) >= 11 is 0. The number of rotatable bonds is 4. The van der Waals surface area contributed by atoms with Crippen LogP contribution in [0.5, 0.6) is 0 Å². The van der Waals surface area contributed by atoms with E-state index in [0.717, 1.165) is 12.8 Å². The van der Waals surface area contributed by atoms with E-state index in [4.69, 9.17) is 0 Å². The fraction of sp³-hybridized carbons (Fsp3) is 0.625. The summed E-state index contributed by atoms with van der Waals surface area (Å²) in [4.78, 5) is 0. The monoisotopic (exact) mass is 232 g/mol. The summed E-state index contributed by atoms with van der Waals surface area (Å²) in [6.07, 6.45) is 5.50. The molecule has 0 aliphatic heterocycles. The Labute approximate surface area is 105 Å². The Morgan fingerprint density at radius 2 is 2.00 bits per heavy atom. The van der Waals surface area contributed by atoms with Crippen molar-refractivity contribution in [1.29, 1.82) is 0 Å². The minimum atomic E-state index is -0.132. The van der Waals surface area contributed by atoms with E-state index < -0.39 is 0 Å². The molecule has 2 unspecified atom stereocenters. The number of aliphatic hydroxyl groups is 1. The first-order valence-corrected chi connectivity index (χ1v) is 6.81. The summed E-state index contributed by atoms with van der Waals surface area (Å²) in [5.74, 6) is 0.492. The second-order valence-electron chi connectivity index (χ2n) is 6.08. The molecule has 2 atom stereocenters. The van der Waals surface area contributed by atoms with Crippen molar-refractivity contribution in [2.45, 2.75) is 52.1 Å². The first-order valence-electron chi connectivity index (χ1n) is 6.81. The topological polar surface area (TPSA) is 20.2 Å². The lowest BCUT2D eigenvalue weighted by molar-refractivity contribution is 0.0478. The van der Waals surface area contributed by atoms with Gasteiger partial charge in [0.25, 0.3) is 0 Å². The van der Waals surface area contributed by atoms with Crippen LogP contribution < -0.4 is 0 Å². The van der Waals surface area contributed by atoms with Crippen LogP contribution in [0.3, 0.4) is 0 Å². The Kier molecular flexibility index (Phi) is 3.88. The third-order valence-corrected chi connectivity index (χ3v) is 4.38. The molecular weight excluding hydrogens is 208 g/mol. The average molecular weight is 232 g/mol. The minimum Gasteiger partial charge on any atom is -0.393 e. The molecule has 0 radical (unpaired) electrons. The Balaban J connectivity index is 1.87. The first-order chi connectivity index (χ1) is 8.09. The van der Waals surface area contributed by atoms with Crippen LogP contribution in [0, 0.1) is 11.3 Å². The molecule has 1 aromatic carbocycles. The highest BCUT2D eigenvalue weighted by Crippen LogP contribution is 2.45. The number of aliphatic hydroxyl groups excluding tert-OH is 1. The number of benzene rings is 1. The Hall–Kier alpha value is -0.820. The van der Waals surface area contributed by atoms with Crippen LogP contribution in [0.2, 0.25) is 0 Å². The van der Waals surface area contributed by atoms with Gasteiger partial charge in [-0.1, -0.05) is 50.6 Å². The summed E-state index contributed by atoms with van der Waals surface area (Å²) in [7, 11) is 0. The van der Waals surface area contributed by atoms with E-state index in [9.17, 15) is 5.11 Å². The molecule has 0 spiro atoms. The van der Waals surface area contributed by atoms with Crippen molar-refractivity contribution in [2.75, 3.05) is 0 Å². The van der Waals surface area contributed by atoms with E-state index in [2.05, 4.69) is 38.1 Å². The van der Waals surface area contributed by atoms with E-state index in [1.165, 1.54) is 24.8 Å². The largest absolute Gasteiger partial charge is 0.393 e.